The van der Waals surface area contributed by atoms with Gasteiger partial charge in [-0.1, -0.05) is 6.92 Å². The second-order valence-electron chi connectivity index (χ2n) is 4.46. The number of ether oxygens (including phenoxy) is 1. The van der Waals surface area contributed by atoms with Crippen molar-refractivity contribution < 1.29 is 14.3 Å². The molecule has 2 fully saturated rings. The number of rotatable bonds is 1. The summed E-state index contributed by atoms with van der Waals surface area (Å²) in [6.45, 7) is 2.19. The van der Waals surface area contributed by atoms with Gasteiger partial charge in [-0.05, 0) is 37.5 Å². The Morgan fingerprint density at radius 2 is 2.14 bits per heavy atom. The molecule has 0 aromatic carbocycles. The van der Waals surface area contributed by atoms with Crippen LogP contribution < -0.4 is 0 Å². The van der Waals surface area contributed by atoms with E-state index in [1.54, 1.807) is 0 Å². The van der Waals surface area contributed by atoms with Crippen LogP contribution in [0.25, 0.3) is 0 Å². The number of cyclic esters (lactones) is 2. The van der Waals surface area contributed by atoms with Gasteiger partial charge in [0.1, 0.15) is 0 Å². The van der Waals surface area contributed by atoms with Gasteiger partial charge in [0, 0.05) is 0 Å². The third-order valence-electron chi connectivity index (χ3n) is 3.22. The summed E-state index contributed by atoms with van der Waals surface area (Å²) in [6, 6.07) is 0. The molecule has 1 heterocycles. The highest BCUT2D eigenvalue weighted by Gasteiger charge is 2.40. The highest BCUT2D eigenvalue weighted by Crippen LogP contribution is 2.37. The molecule has 3 nitrogen and oxygen atoms in total. The van der Waals surface area contributed by atoms with Crippen molar-refractivity contribution in [3.05, 3.63) is 6.42 Å². The fourth-order valence-corrected chi connectivity index (χ4v) is 2.48. The zero-order valence-electron chi connectivity index (χ0n) is 8.36. The van der Waals surface area contributed by atoms with Gasteiger partial charge in [-0.15, -0.1) is 0 Å². The van der Waals surface area contributed by atoms with Gasteiger partial charge in [-0.3, -0.25) is 9.59 Å². The lowest BCUT2D eigenvalue weighted by Gasteiger charge is -2.28. The zero-order chi connectivity index (χ0) is 10.1. The molecule has 0 bridgehead atoms. The van der Waals surface area contributed by atoms with Gasteiger partial charge in [0.2, 0.25) is 0 Å². The Kier molecular flexibility index (Phi) is 2.57. The second kappa shape index (κ2) is 3.71. The predicted octanol–water partition coefficient (Wildman–Crippen LogP) is 1.72. The molecule has 0 aromatic heterocycles. The third kappa shape index (κ3) is 1.81. The van der Waals surface area contributed by atoms with Crippen molar-refractivity contribution in [3.63, 3.8) is 0 Å². The summed E-state index contributed by atoms with van der Waals surface area (Å²) in [5, 5.41) is 0. The van der Waals surface area contributed by atoms with E-state index in [1.807, 2.05) is 0 Å². The Morgan fingerprint density at radius 3 is 2.71 bits per heavy atom. The Labute approximate surface area is 83.8 Å². The van der Waals surface area contributed by atoms with Gasteiger partial charge in [-0.2, -0.15) is 0 Å². The van der Waals surface area contributed by atoms with Crippen LogP contribution in [0.4, 0.5) is 0 Å². The monoisotopic (exact) mass is 195 g/mol. The lowest BCUT2D eigenvalue weighted by Crippen LogP contribution is -2.25. The molecule has 1 radical (unpaired) electrons. The maximum Gasteiger partial charge on any atom is 0.317 e. The summed E-state index contributed by atoms with van der Waals surface area (Å²) in [5.41, 5.74) is 0. The molecule has 77 valence electrons. The van der Waals surface area contributed by atoms with Crippen molar-refractivity contribution in [2.24, 2.45) is 17.8 Å². The average molecular weight is 195 g/mol. The first kappa shape index (κ1) is 9.69. The van der Waals surface area contributed by atoms with Gasteiger partial charge >= 0.3 is 11.9 Å². The molecule has 1 aliphatic heterocycles. The van der Waals surface area contributed by atoms with E-state index in [4.69, 9.17) is 0 Å². The maximum atomic E-state index is 11.3. The minimum Gasteiger partial charge on any atom is -0.393 e. The molecule has 0 spiro atoms. The van der Waals surface area contributed by atoms with E-state index in [2.05, 4.69) is 18.1 Å². The smallest absolute Gasteiger partial charge is 0.317 e. The molecule has 1 aliphatic carbocycles. The maximum absolute atomic E-state index is 11.3. The molecule has 0 N–H and O–H groups in total. The van der Waals surface area contributed by atoms with Crippen molar-refractivity contribution in [2.45, 2.75) is 32.6 Å². The molecule has 3 heteroatoms. The fourth-order valence-electron chi connectivity index (χ4n) is 2.48. The molecule has 2 rings (SSSR count). The lowest BCUT2D eigenvalue weighted by atomic mass is 9.75. The van der Waals surface area contributed by atoms with Crippen molar-refractivity contribution in [3.8, 4) is 0 Å². The molecule has 0 amide bonds. The zero-order valence-corrected chi connectivity index (χ0v) is 8.36. The van der Waals surface area contributed by atoms with Gasteiger partial charge in [0.05, 0.1) is 12.3 Å². The number of esters is 2. The number of carbonyl (C=O) groups excluding carboxylic acids is 2. The van der Waals surface area contributed by atoms with Crippen molar-refractivity contribution in [1.82, 2.24) is 0 Å². The lowest BCUT2D eigenvalue weighted by molar-refractivity contribution is -0.153. The summed E-state index contributed by atoms with van der Waals surface area (Å²) in [4.78, 5) is 22.3. The number of hydrogen-bond acceptors (Lipinski definition) is 3. The molecule has 3 unspecified atom stereocenters. The van der Waals surface area contributed by atoms with Gasteiger partial charge < -0.3 is 4.74 Å². The van der Waals surface area contributed by atoms with Crippen LogP contribution in [0.5, 0.6) is 0 Å². The first-order chi connectivity index (χ1) is 6.66. The molecule has 1 saturated heterocycles. The van der Waals surface area contributed by atoms with E-state index >= 15 is 0 Å². The highest BCUT2D eigenvalue weighted by molar-refractivity contribution is 5.94. The van der Waals surface area contributed by atoms with Gasteiger partial charge in [0.15, 0.2) is 0 Å². The first-order valence-electron chi connectivity index (χ1n) is 5.23. The van der Waals surface area contributed by atoms with E-state index in [9.17, 15) is 9.59 Å². The van der Waals surface area contributed by atoms with Crippen molar-refractivity contribution >= 4 is 11.9 Å². The van der Waals surface area contributed by atoms with Gasteiger partial charge in [-0.25, -0.2) is 0 Å². The van der Waals surface area contributed by atoms with Crippen molar-refractivity contribution in [1.29, 1.82) is 0 Å². The molecule has 3 atom stereocenters. The topological polar surface area (TPSA) is 43.4 Å². The first-order valence-corrected chi connectivity index (χ1v) is 5.23. The van der Waals surface area contributed by atoms with Crippen LogP contribution in [-0.2, 0) is 14.3 Å². The number of carbonyl (C=O) groups is 2. The van der Waals surface area contributed by atoms with E-state index in [1.165, 1.54) is 0 Å². The van der Waals surface area contributed by atoms with Crippen LogP contribution in [0, 0.1) is 24.2 Å². The molecule has 2 aliphatic rings. The SMILES string of the molecule is CC1C[CH]CC(C2CC(=O)OC2=O)C1. The second-order valence-corrected chi connectivity index (χ2v) is 4.46. The average Bonchev–Trinajstić information content (AvgIpc) is 2.45. The summed E-state index contributed by atoms with van der Waals surface area (Å²) in [7, 11) is 0. The minimum absolute atomic E-state index is 0.165. The molecule has 0 aromatic rings. The van der Waals surface area contributed by atoms with E-state index in [0.717, 1.165) is 19.3 Å². The summed E-state index contributed by atoms with van der Waals surface area (Å²) in [5.74, 6) is 0.150. The van der Waals surface area contributed by atoms with Crippen LogP contribution in [-0.4, -0.2) is 11.9 Å². The highest BCUT2D eigenvalue weighted by atomic mass is 16.6. The Bertz CT molecular complexity index is 259. The van der Waals surface area contributed by atoms with Crippen molar-refractivity contribution in [2.75, 3.05) is 0 Å². The predicted molar refractivity (Wildman–Crippen MR) is 50.0 cm³/mol. The third-order valence-corrected chi connectivity index (χ3v) is 3.22. The molecular formula is C11H15O3. The minimum atomic E-state index is -0.349. The van der Waals surface area contributed by atoms with E-state index in [-0.39, 0.29) is 17.9 Å². The van der Waals surface area contributed by atoms with Crippen LogP contribution in [0.1, 0.15) is 32.6 Å². The van der Waals surface area contributed by atoms with Crippen LogP contribution in [0.2, 0.25) is 0 Å². The Morgan fingerprint density at radius 1 is 1.36 bits per heavy atom. The fraction of sp³-hybridized carbons (Fsp3) is 0.727. The summed E-state index contributed by atoms with van der Waals surface area (Å²) in [6.07, 6.45) is 5.66. The number of hydrogen-bond donors (Lipinski definition) is 0. The summed E-state index contributed by atoms with van der Waals surface area (Å²) >= 11 is 0. The van der Waals surface area contributed by atoms with Crippen LogP contribution in [0.3, 0.4) is 0 Å². The van der Waals surface area contributed by atoms with Gasteiger partial charge in [0.25, 0.3) is 0 Å². The molecule has 14 heavy (non-hydrogen) atoms. The van der Waals surface area contributed by atoms with Crippen LogP contribution in [0.15, 0.2) is 0 Å². The molecule has 1 saturated carbocycles. The quantitative estimate of drug-likeness (QED) is 0.472. The normalized spacial score (nSPS) is 38.5. The Hall–Kier alpha value is -0.860. The van der Waals surface area contributed by atoms with Crippen LogP contribution >= 0.6 is 0 Å². The Balaban J connectivity index is 2.00. The molecular weight excluding hydrogens is 180 g/mol. The largest absolute Gasteiger partial charge is 0.393 e. The summed E-state index contributed by atoms with van der Waals surface area (Å²) < 4.78 is 4.57. The standard InChI is InChI=1S/C11H15O3/c1-7-3-2-4-8(5-7)9-6-10(12)14-11(9)13/h2,7-9H,3-6H2,1H3. The van der Waals surface area contributed by atoms with E-state index < -0.39 is 0 Å². The van der Waals surface area contributed by atoms with E-state index in [0.29, 0.717) is 18.3 Å².